The molecule has 0 amide bonds. The highest BCUT2D eigenvalue weighted by atomic mass is 16.5. The summed E-state index contributed by atoms with van der Waals surface area (Å²) in [5, 5.41) is 0. The zero-order valence-corrected chi connectivity index (χ0v) is 13.5. The van der Waals surface area contributed by atoms with Gasteiger partial charge in [-0.05, 0) is 33.6 Å². The summed E-state index contributed by atoms with van der Waals surface area (Å²) in [4.78, 5) is 4.62. The van der Waals surface area contributed by atoms with Gasteiger partial charge in [-0.1, -0.05) is 25.1 Å². The minimum Gasteiger partial charge on any atom is -0.496 e. The van der Waals surface area contributed by atoms with Crippen LogP contribution in [0, 0.1) is 0 Å². The first-order valence-corrected chi connectivity index (χ1v) is 7.26. The van der Waals surface area contributed by atoms with Crippen LogP contribution in [0.15, 0.2) is 24.3 Å². The van der Waals surface area contributed by atoms with E-state index in [9.17, 15) is 0 Å². The Morgan fingerprint density at radius 3 is 2.40 bits per heavy atom. The molecule has 0 aliphatic heterocycles. The Labute approximate surface area is 123 Å². The number of hydrogen-bond acceptors (Lipinski definition) is 4. The topological polar surface area (TPSA) is 41.7 Å². The first kappa shape index (κ1) is 17.0. The van der Waals surface area contributed by atoms with Gasteiger partial charge in [0, 0.05) is 30.7 Å². The van der Waals surface area contributed by atoms with E-state index < -0.39 is 0 Å². The molecule has 4 heteroatoms. The normalized spacial score (nSPS) is 14.6. The molecule has 114 valence electrons. The fourth-order valence-corrected chi connectivity index (χ4v) is 2.59. The van der Waals surface area contributed by atoms with Crippen LogP contribution in [0.3, 0.4) is 0 Å². The van der Waals surface area contributed by atoms with E-state index in [1.54, 1.807) is 7.11 Å². The van der Waals surface area contributed by atoms with Crippen LogP contribution in [0.5, 0.6) is 5.75 Å². The molecule has 0 aliphatic rings. The summed E-state index contributed by atoms with van der Waals surface area (Å²) in [6.07, 6.45) is 0. The first-order valence-electron chi connectivity index (χ1n) is 7.26. The lowest BCUT2D eigenvalue weighted by molar-refractivity contribution is 0.172. The highest BCUT2D eigenvalue weighted by Crippen LogP contribution is 2.24. The molecule has 0 aliphatic carbocycles. The maximum absolute atomic E-state index is 6.38. The van der Waals surface area contributed by atoms with E-state index in [-0.39, 0.29) is 6.04 Å². The molecule has 1 rings (SSSR count). The van der Waals surface area contributed by atoms with Crippen molar-refractivity contribution in [2.45, 2.75) is 25.9 Å². The van der Waals surface area contributed by atoms with E-state index >= 15 is 0 Å². The number of nitrogens with two attached hydrogens (primary N) is 1. The molecular weight excluding hydrogens is 250 g/mol. The smallest absolute Gasteiger partial charge is 0.123 e. The SMILES string of the molecule is CCN(CC(N)c1ccccc1OC)C(C)CN(C)C. The van der Waals surface area contributed by atoms with E-state index in [4.69, 9.17) is 10.5 Å². The second-order valence-corrected chi connectivity index (χ2v) is 5.55. The van der Waals surface area contributed by atoms with Crippen LogP contribution in [0.2, 0.25) is 0 Å². The molecule has 1 aromatic carbocycles. The van der Waals surface area contributed by atoms with Gasteiger partial charge in [-0.15, -0.1) is 0 Å². The Kier molecular flexibility index (Phi) is 6.99. The number of ether oxygens (including phenoxy) is 1. The molecule has 1 aromatic rings. The molecular formula is C16H29N3O. The summed E-state index contributed by atoms with van der Waals surface area (Å²) in [7, 11) is 5.90. The highest BCUT2D eigenvalue weighted by Gasteiger charge is 2.19. The zero-order valence-electron chi connectivity index (χ0n) is 13.5. The molecule has 0 spiro atoms. The Morgan fingerprint density at radius 1 is 1.20 bits per heavy atom. The van der Waals surface area contributed by atoms with E-state index in [1.165, 1.54) is 0 Å². The second-order valence-electron chi connectivity index (χ2n) is 5.55. The van der Waals surface area contributed by atoms with Crippen molar-refractivity contribution in [2.75, 3.05) is 40.8 Å². The van der Waals surface area contributed by atoms with Gasteiger partial charge in [0.15, 0.2) is 0 Å². The average Bonchev–Trinajstić information content (AvgIpc) is 2.43. The lowest BCUT2D eigenvalue weighted by Crippen LogP contribution is -2.43. The van der Waals surface area contributed by atoms with Gasteiger partial charge in [0.05, 0.1) is 7.11 Å². The van der Waals surface area contributed by atoms with Gasteiger partial charge in [0.2, 0.25) is 0 Å². The molecule has 0 fully saturated rings. The highest BCUT2D eigenvalue weighted by molar-refractivity contribution is 5.35. The van der Waals surface area contributed by atoms with Crippen molar-refractivity contribution in [1.29, 1.82) is 0 Å². The molecule has 0 heterocycles. The fourth-order valence-electron chi connectivity index (χ4n) is 2.59. The average molecular weight is 279 g/mol. The minimum absolute atomic E-state index is 0.0317. The first-order chi connectivity index (χ1) is 9.49. The number of rotatable bonds is 8. The lowest BCUT2D eigenvalue weighted by Gasteiger charge is -2.32. The Bertz CT molecular complexity index is 395. The van der Waals surface area contributed by atoms with Crippen LogP contribution in [-0.2, 0) is 0 Å². The third-order valence-corrected chi connectivity index (χ3v) is 3.63. The minimum atomic E-state index is -0.0317. The van der Waals surface area contributed by atoms with E-state index in [1.807, 2.05) is 24.3 Å². The van der Waals surface area contributed by atoms with Crippen LogP contribution in [-0.4, -0.2) is 56.7 Å². The van der Waals surface area contributed by atoms with Crippen molar-refractivity contribution in [3.8, 4) is 5.75 Å². The van der Waals surface area contributed by atoms with E-state index in [0.717, 1.165) is 30.9 Å². The summed E-state index contributed by atoms with van der Waals surface area (Å²) >= 11 is 0. The summed E-state index contributed by atoms with van der Waals surface area (Å²) in [6.45, 7) is 7.30. The lowest BCUT2D eigenvalue weighted by atomic mass is 10.1. The third-order valence-electron chi connectivity index (χ3n) is 3.63. The summed E-state index contributed by atoms with van der Waals surface area (Å²) < 4.78 is 5.40. The van der Waals surface area contributed by atoms with Crippen molar-refractivity contribution in [3.63, 3.8) is 0 Å². The van der Waals surface area contributed by atoms with Crippen molar-refractivity contribution in [1.82, 2.24) is 9.80 Å². The second kappa shape index (κ2) is 8.25. The monoisotopic (exact) mass is 279 g/mol. The number of likely N-dealkylation sites (N-methyl/N-ethyl adjacent to an activating group) is 2. The molecule has 2 unspecified atom stereocenters. The summed E-state index contributed by atoms with van der Waals surface area (Å²) in [6, 6.07) is 8.45. The van der Waals surface area contributed by atoms with Crippen molar-refractivity contribution in [3.05, 3.63) is 29.8 Å². The Hall–Kier alpha value is -1.10. The van der Waals surface area contributed by atoms with E-state index in [2.05, 4.69) is 37.7 Å². The number of para-hydroxylation sites is 1. The van der Waals surface area contributed by atoms with Crippen LogP contribution in [0.25, 0.3) is 0 Å². The number of benzene rings is 1. The van der Waals surface area contributed by atoms with Crippen molar-refractivity contribution < 1.29 is 4.74 Å². The van der Waals surface area contributed by atoms with Crippen LogP contribution in [0.1, 0.15) is 25.5 Å². The molecule has 2 atom stereocenters. The zero-order chi connectivity index (χ0) is 15.1. The predicted octanol–water partition coefficient (Wildman–Crippen LogP) is 1.97. The quantitative estimate of drug-likeness (QED) is 0.790. The van der Waals surface area contributed by atoms with Gasteiger partial charge < -0.3 is 15.4 Å². The van der Waals surface area contributed by atoms with Crippen molar-refractivity contribution >= 4 is 0 Å². The molecule has 0 saturated heterocycles. The number of nitrogens with zero attached hydrogens (tertiary/aromatic N) is 2. The summed E-state index contributed by atoms with van der Waals surface area (Å²) in [5.41, 5.74) is 7.46. The van der Waals surface area contributed by atoms with Gasteiger partial charge in [0.25, 0.3) is 0 Å². The largest absolute Gasteiger partial charge is 0.496 e. The number of methoxy groups -OCH3 is 1. The fraction of sp³-hybridized carbons (Fsp3) is 0.625. The predicted molar refractivity (Wildman–Crippen MR) is 85.2 cm³/mol. The van der Waals surface area contributed by atoms with Gasteiger partial charge in [-0.3, -0.25) is 4.90 Å². The third kappa shape index (κ3) is 4.78. The van der Waals surface area contributed by atoms with Gasteiger partial charge in [0.1, 0.15) is 5.75 Å². The maximum Gasteiger partial charge on any atom is 0.123 e. The van der Waals surface area contributed by atoms with Crippen molar-refractivity contribution in [2.24, 2.45) is 5.73 Å². The standard InChI is InChI=1S/C16H29N3O/c1-6-19(13(2)11-18(3)4)12-15(17)14-9-7-8-10-16(14)20-5/h7-10,13,15H,6,11-12,17H2,1-5H3. The van der Waals surface area contributed by atoms with Crippen LogP contribution in [0.4, 0.5) is 0 Å². The molecule has 4 nitrogen and oxygen atoms in total. The summed E-state index contributed by atoms with van der Waals surface area (Å²) in [5.74, 6) is 0.872. The molecule has 0 saturated carbocycles. The molecule has 0 aromatic heterocycles. The van der Waals surface area contributed by atoms with Gasteiger partial charge in [-0.2, -0.15) is 0 Å². The van der Waals surface area contributed by atoms with Gasteiger partial charge >= 0.3 is 0 Å². The van der Waals surface area contributed by atoms with Gasteiger partial charge in [-0.25, -0.2) is 0 Å². The van der Waals surface area contributed by atoms with Crippen LogP contribution < -0.4 is 10.5 Å². The molecule has 20 heavy (non-hydrogen) atoms. The Morgan fingerprint density at radius 2 is 1.85 bits per heavy atom. The number of hydrogen-bond donors (Lipinski definition) is 1. The van der Waals surface area contributed by atoms with Crippen LogP contribution >= 0.6 is 0 Å². The Balaban J connectivity index is 2.74. The molecule has 0 bridgehead atoms. The maximum atomic E-state index is 6.38. The molecule has 0 radical (unpaired) electrons. The molecule has 2 N–H and O–H groups in total. The van der Waals surface area contributed by atoms with E-state index in [0.29, 0.717) is 6.04 Å².